The Morgan fingerprint density at radius 2 is 1.65 bits per heavy atom. The van der Waals surface area contributed by atoms with E-state index < -0.39 is 5.97 Å². The van der Waals surface area contributed by atoms with Crippen molar-refractivity contribution >= 4 is 17.5 Å². The van der Waals surface area contributed by atoms with E-state index in [0.717, 1.165) is 31.6 Å². The van der Waals surface area contributed by atoms with Gasteiger partial charge in [0.25, 0.3) is 0 Å². The number of benzene rings is 1. The summed E-state index contributed by atoms with van der Waals surface area (Å²) in [4.78, 5) is 14.2. The largest absolute Gasteiger partial charge is 0.538 e. The number of carbonyl (C=O) groups excluding carboxylic acids is 1. The number of anilines is 1. The smallest absolute Gasteiger partial charge is 0.300 e. The van der Waals surface area contributed by atoms with E-state index in [0.29, 0.717) is 23.7 Å². The van der Waals surface area contributed by atoms with Crippen LogP contribution in [0.1, 0.15) is 82.8 Å². The minimum absolute atomic E-state index is 0.343. The van der Waals surface area contributed by atoms with E-state index in [1.807, 2.05) is 4.90 Å². The van der Waals surface area contributed by atoms with Gasteiger partial charge in [0.1, 0.15) is 18.8 Å². The van der Waals surface area contributed by atoms with Crippen LogP contribution in [0, 0.1) is 0 Å². The highest BCUT2D eigenvalue weighted by atomic mass is 16.4. The lowest BCUT2D eigenvalue weighted by Gasteiger charge is -2.25. The standard InChI is InChI=1S/C22H32N2O2/c1-15(2)18-11-8-12-19(16(3)4)20(18)24-14-13-23(21(24)22(25)26)17-9-6-5-7-10-17/h8,11-12,15-17H,5-7,9-10,13-14H2,1-4H3. The Morgan fingerprint density at radius 3 is 2.15 bits per heavy atom. The first-order valence-electron chi connectivity index (χ1n) is 10.2. The lowest BCUT2D eigenvalue weighted by atomic mass is 9.92. The second-order valence-corrected chi connectivity index (χ2v) is 8.34. The van der Waals surface area contributed by atoms with Crippen molar-refractivity contribution in [2.75, 3.05) is 18.0 Å². The summed E-state index contributed by atoms with van der Waals surface area (Å²) in [5.74, 6) is 0.0270. The number of nitrogens with zero attached hydrogens (tertiary/aromatic N) is 2. The second-order valence-electron chi connectivity index (χ2n) is 8.34. The van der Waals surface area contributed by atoms with Crippen molar-refractivity contribution in [3.05, 3.63) is 29.3 Å². The topological polar surface area (TPSA) is 46.4 Å². The summed E-state index contributed by atoms with van der Waals surface area (Å²) in [6, 6.07) is 6.72. The van der Waals surface area contributed by atoms with E-state index in [9.17, 15) is 9.90 Å². The zero-order chi connectivity index (χ0) is 18.8. The van der Waals surface area contributed by atoms with E-state index >= 15 is 0 Å². The highest BCUT2D eigenvalue weighted by Gasteiger charge is 2.39. The van der Waals surface area contributed by atoms with Gasteiger partial charge in [0, 0.05) is 11.1 Å². The molecule has 26 heavy (non-hydrogen) atoms. The fourth-order valence-electron chi connectivity index (χ4n) is 4.59. The SMILES string of the molecule is CC(C)c1cccc(C(C)C)c1N1CC[N+](C2CCCCC2)=C1C(=O)[O-]. The Labute approximate surface area is 157 Å². The fourth-order valence-corrected chi connectivity index (χ4v) is 4.59. The summed E-state index contributed by atoms with van der Waals surface area (Å²) in [5, 5.41) is 12.2. The van der Waals surface area contributed by atoms with E-state index in [1.54, 1.807) is 0 Å². The van der Waals surface area contributed by atoms with Gasteiger partial charge in [-0.2, -0.15) is 0 Å². The number of rotatable bonds is 5. The van der Waals surface area contributed by atoms with Crippen molar-refractivity contribution in [2.45, 2.75) is 77.7 Å². The Kier molecular flexibility index (Phi) is 5.69. The van der Waals surface area contributed by atoms with Gasteiger partial charge in [0.05, 0.1) is 6.04 Å². The second kappa shape index (κ2) is 7.81. The van der Waals surface area contributed by atoms with Crippen LogP contribution in [0.25, 0.3) is 0 Å². The Hall–Kier alpha value is -1.84. The molecular formula is C22H32N2O2. The molecule has 0 unspecified atom stereocenters. The molecule has 1 heterocycles. The predicted molar refractivity (Wildman–Crippen MR) is 104 cm³/mol. The average molecular weight is 357 g/mol. The van der Waals surface area contributed by atoms with Crippen molar-refractivity contribution in [2.24, 2.45) is 0 Å². The minimum Gasteiger partial charge on any atom is -0.538 e. The number of aliphatic carboxylic acids is 1. The molecule has 1 aromatic carbocycles. The molecular weight excluding hydrogens is 324 g/mol. The van der Waals surface area contributed by atoms with E-state index in [1.165, 1.54) is 30.4 Å². The third-order valence-electron chi connectivity index (χ3n) is 5.90. The zero-order valence-electron chi connectivity index (χ0n) is 16.6. The van der Waals surface area contributed by atoms with Gasteiger partial charge in [-0.15, -0.1) is 0 Å². The molecule has 0 spiro atoms. The summed E-state index contributed by atoms with van der Waals surface area (Å²) < 4.78 is 2.12. The van der Waals surface area contributed by atoms with E-state index in [4.69, 9.17) is 0 Å². The maximum absolute atomic E-state index is 12.2. The molecule has 0 saturated heterocycles. The number of hydrogen-bond acceptors (Lipinski definition) is 3. The number of carboxylic acid groups (broad SMARTS) is 1. The monoisotopic (exact) mass is 356 g/mol. The number of amidine groups is 1. The van der Waals surface area contributed by atoms with Crippen LogP contribution in [-0.2, 0) is 4.79 Å². The lowest BCUT2D eigenvalue weighted by molar-refractivity contribution is -0.561. The molecule has 0 N–H and O–H groups in total. The van der Waals surface area contributed by atoms with Crippen molar-refractivity contribution in [1.29, 1.82) is 0 Å². The number of carbonyl (C=O) groups is 1. The molecule has 1 saturated carbocycles. The summed E-state index contributed by atoms with van der Waals surface area (Å²) in [7, 11) is 0. The first-order chi connectivity index (χ1) is 12.4. The van der Waals surface area contributed by atoms with Gasteiger partial charge in [-0.3, -0.25) is 4.58 Å². The van der Waals surface area contributed by atoms with Crippen molar-refractivity contribution in [3.63, 3.8) is 0 Å². The number of hydrogen-bond donors (Lipinski definition) is 0. The Bertz CT molecular complexity index is 674. The van der Waals surface area contributed by atoms with Gasteiger partial charge in [-0.25, -0.2) is 4.90 Å². The number of para-hydroxylation sites is 1. The normalized spacial score (nSPS) is 19.1. The van der Waals surface area contributed by atoms with Gasteiger partial charge in [-0.1, -0.05) is 52.3 Å². The van der Waals surface area contributed by atoms with E-state index in [2.05, 4.69) is 50.5 Å². The molecule has 0 radical (unpaired) electrons. The van der Waals surface area contributed by atoms with Crippen LogP contribution >= 0.6 is 0 Å². The predicted octanol–water partition coefficient (Wildman–Crippen LogP) is 3.25. The molecule has 4 heteroatoms. The van der Waals surface area contributed by atoms with Crippen molar-refractivity contribution in [3.8, 4) is 0 Å². The molecule has 0 atom stereocenters. The summed E-state index contributed by atoms with van der Waals surface area (Å²) in [5.41, 5.74) is 3.54. The summed E-state index contributed by atoms with van der Waals surface area (Å²) in [6.45, 7) is 10.2. The molecule has 0 aromatic heterocycles. The van der Waals surface area contributed by atoms with Crippen LogP contribution in [0.3, 0.4) is 0 Å². The van der Waals surface area contributed by atoms with Gasteiger partial charge in [0.2, 0.25) is 0 Å². The molecule has 1 fully saturated rings. The first kappa shape index (κ1) is 18.9. The highest BCUT2D eigenvalue weighted by Crippen LogP contribution is 2.37. The van der Waals surface area contributed by atoms with Gasteiger partial charge < -0.3 is 9.90 Å². The van der Waals surface area contributed by atoms with Crippen LogP contribution in [0.15, 0.2) is 18.2 Å². The van der Waals surface area contributed by atoms with Crippen LogP contribution in [-0.4, -0.2) is 35.5 Å². The van der Waals surface area contributed by atoms with Gasteiger partial charge in [-0.05, 0) is 37.5 Å². The quantitative estimate of drug-likeness (QED) is 0.761. The maximum atomic E-state index is 12.2. The molecule has 1 aliphatic carbocycles. The van der Waals surface area contributed by atoms with Crippen LogP contribution < -0.4 is 10.0 Å². The molecule has 0 bridgehead atoms. The highest BCUT2D eigenvalue weighted by molar-refractivity contribution is 6.37. The number of carboxylic acids is 1. The Balaban J connectivity index is 2.11. The molecule has 1 aromatic rings. The summed E-state index contributed by atoms with van der Waals surface area (Å²) >= 11 is 0. The van der Waals surface area contributed by atoms with Crippen LogP contribution in [0.4, 0.5) is 5.69 Å². The van der Waals surface area contributed by atoms with Crippen molar-refractivity contribution < 1.29 is 14.5 Å². The third-order valence-corrected chi connectivity index (χ3v) is 5.90. The third kappa shape index (κ3) is 3.51. The fraction of sp³-hybridized carbons (Fsp3) is 0.636. The van der Waals surface area contributed by atoms with Crippen LogP contribution in [0.5, 0.6) is 0 Å². The van der Waals surface area contributed by atoms with E-state index in [-0.39, 0.29) is 0 Å². The summed E-state index contributed by atoms with van der Waals surface area (Å²) in [6.07, 6.45) is 5.84. The average Bonchev–Trinajstić information content (AvgIpc) is 3.06. The van der Waals surface area contributed by atoms with Gasteiger partial charge >= 0.3 is 5.84 Å². The molecule has 142 valence electrons. The molecule has 3 rings (SSSR count). The molecule has 0 amide bonds. The Morgan fingerprint density at radius 1 is 1.08 bits per heavy atom. The maximum Gasteiger partial charge on any atom is 0.300 e. The van der Waals surface area contributed by atoms with Gasteiger partial charge in [0.15, 0.2) is 5.97 Å². The molecule has 4 nitrogen and oxygen atoms in total. The first-order valence-corrected chi connectivity index (χ1v) is 10.2. The lowest BCUT2D eigenvalue weighted by Crippen LogP contribution is -2.47. The zero-order valence-corrected chi connectivity index (χ0v) is 16.6. The van der Waals surface area contributed by atoms with Crippen LogP contribution in [0.2, 0.25) is 0 Å². The van der Waals surface area contributed by atoms with Crippen molar-refractivity contribution in [1.82, 2.24) is 0 Å². The molecule has 2 aliphatic rings. The molecule has 1 aliphatic heterocycles. The minimum atomic E-state index is -1.04.